The first-order valence-corrected chi connectivity index (χ1v) is 8.85. The number of alkyl halides is 3. The molecule has 0 radical (unpaired) electrons. The Hall–Kier alpha value is -2.60. The van der Waals surface area contributed by atoms with Crippen LogP contribution in [-0.4, -0.2) is 33.1 Å². The molecule has 0 aliphatic carbocycles. The van der Waals surface area contributed by atoms with Gasteiger partial charge in [0, 0.05) is 17.6 Å². The Morgan fingerprint density at radius 1 is 1.38 bits per heavy atom. The number of nitrogens with one attached hydrogen (secondary N) is 1. The quantitative estimate of drug-likeness (QED) is 0.450. The van der Waals surface area contributed by atoms with E-state index in [-0.39, 0.29) is 29.9 Å². The van der Waals surface area contributed by atoms with Crippen LogP contribution in [0.15, 0.2) is 28.8 Å². The first kappa shape index (κ1) is 19.7. The summed E-state index contributed by atoms with van der Waals surface area (Å²) in [5, 5.41) is 0. The fourth-order valence-electron chi connectivity index (χ4n) is 2.07. The molecule has 1 aromatic carbocycles. The second kappa shape index (κ2) is 7.33. The minimum atomic E-state index is -4.61. The van der Waals surface area contributed by atoms with Crippen LogP contribution in [0, 0.1) is 0 Å². The first-order chi connectivity index (χ1) is 12.0. The van der Waals surface area contributed by atoms with Gasteiger partial charge in [0.2, 0.25) is 5.96 Å². The number of guanidine groups is 1. The van der Waals surface area contributed by atoms with Crippen LogP contribution in [0.1, 0.15) is 17.5 Å². The van der Waals surface area contributed by atoms with Crippen molar-refractivity contribution in [3.8, 4) is 5.75 Å². The van der Waals surface area contributed by atoms with Gasteiger partial charge in [-0.15, -0.1) is 4.28 Å². The lowest BCUT2D eigenvalue weighted by atomic mass is 10.0. The van der Waals surface area contributed by atoms with Gasteiger partial charge >= 0.3 is 6.18 Å². The van der Waals surface area contributed by atoms with E-state index in [9.17, 15) is 26.4 Å². The zero-order chi connectivity index (χ0) is 19.5. The van der Waals surface area contributed by atoms with Crippen molar-refractivity contribution in [3.63, 3.8) is 0 Å². The zero-order valence-corrected chi connectivity index (χ0v) is 14.1. The van der Waals surface area contributed by atoms with Crippen LogP contribution in [0.5, 0.6) is 5.75 Å². The van der Waals surface area contributed by atoms with Gasteiger partial charge in [0.05, 0.1) is 18.4 Å². The number of para-hydroxylation sites is 1. The van der Waals surface area contributed by atoms with E-state index in [4.69, 9.17) is 10.5 Å². The zero-order valence-electron chi connectivity index (χ0n) is 13.3. The average molecular weight is 393 g/mol. The lowest BCUT2D eigenvalue weighted by molar-refractivity contribution is -0.139. The van der Waals surface area contributed by atoms with Crippen LogP contribution in [0.4, 0.5) is 13.2 Å². The van der Waals surface area contributed by atoms with E-state index in [1.54, 1.807) is 5.48 Å². The van der Waals surface area contributed by atoms with Gasteiger partial charge in [0.1, 0.15) is 5.75 Å². The summed E-state index contributed by atoms with van der Waals surface area (Å²) in [5.41, 5.74) is 6.24. The maximum atomic E-state index is 13.0. The Kier molecular flexibility index (Phi) is 5.56. The fourth-order valence-corrected chi connectivity index (χ4v) is 2.30. The third kappa shape index (κ3) is 5.20. The van der Waals surface area contributed by atoms with Crippen molar-refractivity contribution in [1.29, 1.82) is 0 Å². The lowest BCUT2D eigenvalue weighted by Gasteiger charge is -2.14. The second-order valence-electron chi connectivity index (χ2n) is 5.18. The van der Waals surface area contributed by atoms with Crippen molar-refractivity contribution in [2.75, 3.05) is 12.9 Å². The third-order valence-electron chi connectivity index (χ3n) is 3.09. The third-order valence-corrected chi connectivity index (χ3v) is 3.48. The SMILES string of the molecule is CS(=O)(=O)ONC(N)=NC(=O)C1=Cc2cccc(C(F)(F)F)c2OCC1. The largest absolute Gasteiger partial charge is 0.492 e. The Bertz CT molecular complexity index is 878. The van der Waals surface area contributed by atoms with Crippen molar-refractivity contribution in [2.45, 2.75) is 12.6 Å². The average Bonchev–Trinajstić information content (AvgIpc) is 2.73. The van der Waals surface area contributed by atoms with Gasteiger partial charge in [0.25, 0.3) is 16.0 Å². The highest BCUT2D eigenvalue weighted by Crippen LogP contribution is 2.40. The van der Waals surface area contributed by atoms with Gasteiger partial charge in [-0.3, -0.25) is 4.79 Å². The fraction of sp³-hybridized carbons (Fsp3) is 0.286. The van der Waals surface area contributed by atoms with E-state index in [1.807, 2.05) is 0 Å². The number of carbonyl (C=O) groups excluding carboxylic acids is 1. The molecule has 0 saturated carbocycles. The normalized spacial score (nSPS) is 15.4. The number of hydroxylamine groups is 1. The molecule has 2 rings (SSSR count). The molecule has 26 heavy (non-hydrogen) atoms. The van der Waals surface area contributed by atoms with Gasteiger partial charge in [-0.2, -0.15) is 26.6 Å². The maximum Gasteiger partial charge on any atom is 0.419 e. The van der Waals surface area contributed by atoms with Crippen LogP contribution in [-0.2, 0) is 25.4 Å². The number of aliphatic imine (C=N–C) groups is 1. The summed E-state index contributed by atoms with van der Waals surface area (Å²) in [7, 11) is -3.87. The molecule has 1 aromatic rings. The molecule has 0 atom stereocenters. The predicted molar refractivity (Wildman–Crippen MR) is 85.2 cm³/mol. The maximum absolute atomic E-state index is 13.0. The topological polar surface area (TPSA) is 120 Å². The van der Waals surface area contributed by atoms with E-state index in [1.165, 1.54) is 18.2 Å². The molecule has 0 spiro atoms. The highest BCUT2D eigenvalue weighted by molar-refractivity contribution is 7.85. The molecule has 0 fully saturated rings. The number of nitrogens with zero attached hydrogens (tertiary/aromatic N) is 1. The van der Waals surface area contributed by atoms with Crippen LogP contribution in [0.3, 0.4) is 0 Å². The molecule has 0 bridgehead atoms. The summed E-state index contributed by atoms with van der Waals surface area (Å²) in [5.74, 6) is -1.88. The van der Waals surface area contributed by atoms with E-state index in [0.29, 0.717) is 0 Å². The Balaban J connectivity index is 2.29. The molecule has 3 N–H and O–H groups in total. The molecule has 1 amide bonds. The minimum Gasteiger partial charge on any atom is -0.492 e. The van der Waals surface area contributed by atoms with E-state index < -0.39 is 33.7 Å². The molecule has 142 valence electrons. The number of nitrogens with two attached hydrogens (primary N) is 1. The molecule has 8 nitrogen and oxygen atoms in total. The van der Waals surface area contributed by atoms with Gasteiger partial charge in [-0.05, 0) is 12.1 Å². The van der Waals surface area contributed by atoms with E-state index in [0.717, 1.165) is 12.3 Å². The van der Waals surface area contributed by atoms with Gasteiger partial charge in [0.15, 0.2) is 0 Å². The number of amides is 1. The standard InChI is InChI=1S/C14H14F3N3O5S/c1-26(22,23)25-20-13(18)19-12(21)9-5-6-24-11-8(7-9)3-2-4-10(11)14(15,16)17/h2-4,7H,5-6H2,1H3,(H3,18,19,20,21). The number of hydrogen-bond donors (Lipinski definition) is 2. The van der Waals surface area contributed by atoms with Crippen LogP contribution in [0.25, 0.3) is 6.08 Å². The summed E-state index contributed by atoms with van der Waals surface area (Å²) in [6.07, 6.45) is -2.67. The Morgan fingerprint density at radius 3 is 2.69 bits per heavy atom. The first-order valence-electron chi connectivity index (χ1n) is 7.04. The number of benzene rings is 1. The summed E-state index contributed by atoms with van der Waals surface area (Å²) < 4.78 is 70.1. The van der Waals surface area contributed by atoms with Crippen molar-refractivity contribution < 1.29 is 35.4 Å². The van der Waals surface area contributed by atoms with Crippen molar-refractivity contribution in [1.82, 2.24) is 5.48 Å². The lowest BCUT2D eigenvalue weighted by Crippen LogP contribution is -2.34. The van der Waals surface area contributed by atoms with Gasteiger partial charge in [-0.25, -0.2) is 5.48 Å². The molecule has 12 heteroatoms. The molecule has 0 saturated heterocycles. The highest BCUT2D eigenvalue weighted by Gasteiger charge is 2.35. The number of rotatable bonds is 3. The molecular weight excluding hydrogens is 379 g/mol. The van der Waals surface area contributed by atoms with Crippen LogP contribution in [0.2, 0.25) is 0 Å². The van der Waals surface area contributed by atoms with E-state index >= 15 is 0 Å². The second-order valence-corrected chi connectivity index (χ2v) is 6.76. The van der Waals surface area contributed by atoms with E-state index in [2.05, 4.69) is 9.28 Å². The molecule has 0 unspecified atom stereocenters. The molecule has 1 heterocycles. The minimum absolute atomic E-state index is 0.0193. The monoisotopic (exact) mass is 393 g/mol. The molecular formula is C14H14F3N3O5S. The van der Waals surface area contributed by atoms with Crippen molar-refractivity contribution in [2.24, 2.45) is 10.7 Å². The molecule has 1 aliphatic heterocycles. The number of fused-ring (bicyclic) bond motifs is 1. The van der Waals surface area contributed by atoms with Crippen molar-refractivity contribution >= 4 is 28.1 Å². The highest BCUT2D eigenvalue weighted by atomic mass is 32.2. The summed E-state index contributed by atoms with van der Waals surface area (Å²) >= 11 is 0. The number of carbonyl (C=O) groups is 1. The summed E-state index contributed by atoms with van der Waals surface area (Å²) in [4.78, 5) is 15.5. The van der Waals surface area contributed by atoms with Gasteiger partial charge < -0.3 is 10.5 Å². The number of hydrogen-bond acceptors (Lipinski definition) is 5. The van der Waals surface area contributed by atoms with Gasteiger partial charge in [-0.1, -0.05) is 12.1 Å². The smallest absolute Gasteiger partial charge is 0.419 e. The Labute approximate surface area is 146 Å². The van der Waals surface area contributed by atoms with Crippen molar-refractivity contribution in [3.05, 3.63) is 34.9 Å². The molecule has 0 aromatic heterocycles. The van der Waals surface area contributed by atoms with Crippen LogP contribution < -0.4 is 16.0 Å². The van der Waals surface area contributed by atoms with Crippen LogP contribution >= 0.6 is 0 Å². The molecule has 1 aliphatic rings. The summed E-state index contributed by atoms with van der Waals surface area (Å²) in [6.45, 7) is -0.180. The number of ether oxygens (including phenoxy) is 1. The summed E-state index contributed by atoms with van der Waals surface area (Å²) in [6, 6.07) is 3.43. The number of halogens is 3. The Morgan fingerprint density at radius 2 is 2.08 bits per heavy atom. The predicted octanol–water partition coefficient (Wildman–Crippen LogP) is 1.19.